The summed E-state index contributed by atoms with van der Waals surface area (Å²) < 4.78 is 11.5. The molecule has 3 aromatic rings. The Kier molecular flexibility index (Phi) is 3.62. The van der Waals surface area contributed by atoms with Crippen LogP contribution in [-0.2, 0) is 0 Å². The summed E-state index contributed by atoms with van der Waals surface area (Å²) in [6, 6.07) is 11.7. The Bertz CT molecular complexity index is 861. The first-order valence-corrected chi connectivity index (χ1v) is 6.97. The molecule has 106 valence electrons. The summed E-state index contributed by atoms with van der Waals surface area (Å²) in [5.74, 6) is 0.722. The number of rotatable bonds is 3. The Morgan fingerprint density at radius 2 is 2.00 bits per heavy atom. The van der Waals surface area contributed by atoms with Crippen molar-refractivity contribution in [1.82, 2.24) is 9.97 Å². The molecule has 1 aromatic heterocycles. The van der Waals surface area contributed by atoms with Crippen molar-refractivity contribution >= 4 is 26.7 Å². The number of halogens is 1. The van der Waals surface area contributed by atoms with Gasteiger partial charge in [0, 0.05) is 0 Å². The lowest BCUT2D eigenvalue weighted by atomic mass is 10.1. The number of ether oxygens (including phenoxy) is 2. The number of aromatic nitrogens is 2. The number of hydrogen-bond donors (Lipinski definition) is 1. The molecular formula is C15H11BrN2O3. The molecule has 1 N–H and O–H groups in total. The molecule has 21 heavy (non-hydrogen) atoms. The van der Waals surface area contributed by atoms with Gasteiger partial charge in [-0.2, -0.15) is 0 Å². The molecule has 0 saturated heterocycles. The van der Waals surface area contributed by atoms with Gasteiger partial charge in [-0.1, -0.05) is 30.3 Å². The van der Waals surface area contributed by atoms with E-state index in [9.17, 15) is 4.79 Å². The molecule has 0 fully saturated rings. The highest BCUT2D eigenvalue weighted by atomic mass is 79.9. The summed E-state index contributed by atoms with van der Waals surface area (Å²) in [7, 11) is 1.40. The van der Waals surface area contributed by atoms with Crippen molar-refractivity contribution in [2.24, 2.45) is 0 Å². The van der Waals surface area contributed by atoms with E-state index in [0.717, 1.165) is 15.2 Å². The van der Waals surface area contributed by atoms with Gasteiger partial charge in [0.1, 0.15) is 5.75 Å². The van der Waals surface area contributed by atoms with E-state index in [1.54, 1.807) is 0 Å². The predicted molar refractivity (Wildman–Crippen MR) is 83.1 cm³/mol. The van der Waals surface area contributed by atoms with Gasteiger partial charge in [0.2, 0.25) is 5.75 Å². The Labute approximate surface area is 128 Å². The normalized spacial score (nSPS) is 10.6. The Balaban J connectivity index is 2.09. The molecule has 0 unspecified atom stereocenters. The Morgan fingerprint density at radius 1 is 1.19 bits per heavy atom. The summed E-state index contributed by atoms with van der Waals surface area (Å²) in [5, 5.41) is 2.10. The maximum atomic E-state index is 11.6. The van der Waals surface area contributed by atoms with Crippen molar-refractivity contribution in [3.63, 3.8) is 0 Å². The number of hydrogen-bond acceptors (Lipinski definition) is 4. The minimum atomic E-state index is -0.389. The molecule has 0 aliphatic heterocycles. The second-order valence-corrected chi connectivity index (χ2v) is 5.06. The molecular weight excluding hydrogens is 336 g/mol. The van der Waals surface area contributed by atoms with Gasteiger partial charge < -0.3 is 14.5 Å². The van der Waals surface area contributed by atoms with Crippen LogP contribution in [0.25, 0.3) is 10.8 Å². The average molecular weight is 347 g/mol. The second kappa shape index (κ2) is 5.57. The van der Waals surface area contributed by atoms with E-state index in [2.05, 4.69) is 25.9 Å². The molecule has 0 spiro atoms. The molecule has 0 aliphatic rings. The Hall–Kier alpha value is -2.34. The third kappa shape index (κ3) is 2.50. The van der Waals surface area contributed by atoms with Crippen molar-refractivity contribution in [1.29, 1.82) is 0 Å². The number of H-pyrrole nitrogens is 1. The lowest BCUT2D eigenvalue weighted by Crippen LogP contribution is -2.11. The zero-order valence-corrected chi connectivity index (χ0v) is 12.7. The van der Waals surface area contributed by atoms with Gasteiger partial charge in [0.05, 0.1) is 17.9 Å². The van der Waals surface area contributed by atoms with Crippen LogP contribution in [0.2, 0.25) is 0 Å². The fraction of sp³-hybridized carbons (Fsp3) is 0.0667. The lowest BCUT2D eigenvalue weighted by molar-refractivity contribution is 0.362. The second-order valence-electron chi connectivity index (χ2n) is 4.27. The highest BCUT2D eigenvalue weighted by molar-refractivity contribution is 9.10. The zero-order chi connectivity index (χ0) is 14.8. The minimum Gasteiger partial charge on any atom is -0.487 e. The van der Waals surface area contributed by atoms with Gasteiger partial charge in [-0.15, -0.1) is 0 Å². The van der Waals surface area contributed by atoms with Crippen molar-refractivity contribution in [2.45, 2.75) is 0 Å². The first-order valence-electron chi connectivity index (χ1n) is 6.17. The van der Waals surface area contributed by atoms with Crippen molar-refractivity contribution in [2.75, 3.05) is 7.11 Å². The summed E-state index contributed by atoms with van der Waals surface area (Å²) in [6.07, 6.45) is 1.27. The molecule has 3 rings (SSSR count). The zero-order valence-electron chi connectivity index (χ0n) is 11.1. The average Bonchev–Trinajstić information content (AvgIpc) is 2.50. The van der Waals surface area contributed by atoms with Gasteiger partial charge in [-0.05, 0) is 32.8 Å². The van der Waals surface area contributed by atoms with E-state index in [1.807, 2.05) is 36.4 Å². The van der Waals surface area contributed by atoms with E-state index in [-0.39, 0.29) is 17.2 Å². The standard InChI is InChI=1S/C15H11BrN2O3/c1-20-13-14(19)17-8-18-15(13)21-11-7-6-9-4-2-3-5-10(9)12(11)16/h2-8H,1H3,(H,17,18,19). The highest BCUT2D eigenvalue weighted by Crippen LogP contribution is 2.36. The van der Waals surface area contributed by atoms with E-state index in [0.29, 0.717) is 5.75 Å². The fourth-order valence-electron chi connectivity index (χ4n) is 2.02. The van der Waals surface area contributed by atoms with Crippen LogP contribution in [0.4, 0.5) is 0 Å². The predicted octanol–water partition coefficient (Wildman–Crippen LogP) is 3.49. The number of methoxy groups -OCH3 is 1. The topological polar surface area (TPSA) is 64.2 Å². The number of aromatic amines is 1. The van der Waals surface area contributed by atoms with Gasteiger partial charge in [0.25, 0.3) is 11.4 Å². The van der Waals surface area contributed by atoms with Gasteiger partial charge in [-0.3, -0.25) is 4.79 Å². The van der Waals surface area contributed by atoms with E-state index in [1.165, 1.54) is 13.4 Å². The fourth-order valence-corrected chi connectivity index (χ4v) is 2.59. The molecule has 0 amide bonds. The number of nitrogens with zero attached hydrogens (tertiary/aromatic N) is 1. The molecule has 0 bridgehead atoms. The van der Waals surface area contributed by atoms with Crippen LogP contribution in [0, 0.1) is 0 Å². The van der Waals surface area contributed by atoms with Gasteiger partial charge in [0.15, 0.2) is 0 Å². The van der Waals surface area contributed by atoms with Crippen LogP contribution in [-0.4, -0.2) is 17.1 Å². The molecule has 1 heterocycles. The molecule has 0 radical (unpaired) electrons. The smallest absolute Gasteiger partial charge is 0.297 e. The molecule has 0 saturated carbocycles. The molecule has 5 nitrogen and oxygen atoms in total. The summed E-state index contributed by atoms with van der Waals surface area (Å²) in [6.45, 7) is 0. The SMILES string of the molecule is COc1c(Oc2ccc3ccccc3c2Br)nc[nH]c1=O. The third-order valence-corrected chi connectivity index (χ3v) is 3.83. The summed E-state index contributed by atoms with van der Waals surface area (Å²) >= 11 is 3.52. The molecule has 2 aromatic carbocycles. The quantitative estimate of drug-likeness (QED) is 0.788. The minimum absolute atomic E-state index is 0.0394. The first-order chi connectivity index (χ1) is 10.2. The van der Waals surface area contributed by atoms with Crippen LogP contribution >= 0.6 is 15.9 Å². The van der Waals surface area contributed by atoms with E-state index >= 15 is 0 Å². The number of fused-ring (bicyclic) bond motifs is 1. The lowest BCUT2D eigenvalue weighted by Gasteiger charge is -2.11. The van der Waals surface area contributed by atoms with E-state index < -0.39 is 0 Å². The van der Waals surface area contributed by atoms with E-state index in [4.69, 9.17) is 9.47 Å². The largest absolute Gasteiger partial charge is 0.487 e. The van der Waals surface area contributed by atoms with Crippen LogP contribution < -0.4 is 15.0 Å². The van der Waals surface area contributed by atoms with Crippen molar-refractivity contribution in [3.05, 3.63) is 57.6 Å². The number of benzene rings is 2. The first kappa shape index (κ1) is 13.6. The van der Waals surface area contributed by atoms with Crippen LogP contribution in [0.3, 0.4) is 0 Å². The van der Waals surface area contributed by atoms with Crippen LogP contribution in [0.5, 0.6) is 17.4 Å². The molecule has 6 heteroatoms. The van der Waals surface area contributed by atoms with Crippen LogP contribution in [0.1, 0.15) is 0 Å². The van der Waals surface area contributed by atoms with Crippen molar-refractivity contribution < 1.29 is 9.47 Å². The highest BCUT2D eigenvalue weighted by Gasteiger charge is 2.14. The third-order valence-electron chi connectivity index (χ3n) is 3.02. The maximum Gasteiger partial charge on any atom is 0.297 e. The Morgan fingerprint density at radius 3 is 2.81 bits per heavy atom. The maximum absolute atomic E-state index is 11.6. The van der Waals surface area contributed by atoms with Gasteiger partial charge >= 0.3 is 0 Å². The van der Waals surface area contributed by atoms with Crippen molar-refractivity contribution in [3.8, 4) is 17.4 Å². The summed E-state index contributed by atoms with van der Waals surface area (Å²) in [4.78, 5) is 18.1. The van der Waals surface area contributed by atoms with Gasteiger partial charge in [-0.25, -0.2) is 4.98 Å². The number of nitrogens with one attached hydrogen (secondary N) is 1. The van der Waals surface area contributed by atoms with Crippen LogP contribution in [0.15, 0.2) is 52.0 Å². The monoisotopic (exact) mass is 346 g/mol. The molecule has 0 atom stereocenters. The molecule has 0 aliphatic carbocycles. The summed E-state index contributed by atoms with van der Waals surface area (Å²) in [5.41, 5.74) is -0.389.